The predicted octanol–water partition coefficient (Wildman–Crippen LogP) is 5.70. The molecule has 0 bridgehead atoms. The fourth-order valence-electron chi connectivity index (χ4n) is 2.48. The lowest BCUT2D eigenvalue weighted by atomic mass is 10.1. The second-order valence-corrected chi connectivity index (χ2v) is 6.07. The fraction of sp³-hybridized carbons (Fsp3) is 0.0952. The van der Waals surface area contributed by atoms with Gasteiger partial charge in [-0.2, -0.15) is 0 Å². The standard InChI is InChI=1S/C21H18ClNO3/c1-14-12-18(20(25-2)13-17(14)22)23-21(24)16-10-6-7-11-19(16)26-15-8-4-3-5-9-15/h3-13H,1-2H3,(H,23,24). The molecule has 3 rings (SSSR count). The van der Waals surface area contributed by atoms with Crippen LogP contribution in [0.1, 0.15) is 15.9 Å². The van der Waals surface area contributed by atoms with E-state index >= 15 is 0 Å². The number of carbonyl (C=O) groups is 1. The van der Waals surface area contributed by atoms with E-state index in [2.05, 4.69) is 5.32 Å². The molecule has 0 fully saturated rings. The lowest BCUT2D eigenvalue weighted by molar-refractivity contribution is 0.102. The van der Waals surface area contributed by atoms with Gasteiger partial charge in [0.25, 0.3) is 5.91 Å². The van der Waals surface area contributed by atoms with Gasteiger partial charge < -0.3 is 14.8 Å². The number of amides is 1. The Morgan fingerprint density at radius 2 is 1.65 bits per heavy atom. The number of nitrogens with one attached hydrogen (secondary N) is 1. The molecule has 0 heterocycles. The number of ether oxygens (including phenoxy) is 2. The second-order valence-electron chi connectivity index (χ2n) is 5.67. The second kappa shape index (κ2) is 7.93. The van der Waals surface area contributed by atoms with Crippen LogP contribution in [0.5, 0.6) is 17.2 Å². The topological polar surface area (TPSA) is 47.6 Å². The van der Waals surface area contributed by atoms with E-state index in [4.69, 9.17) is 21.1 Å². The number of benzene rings is 3. The number of carbonyl (C=O) groups excluding carboxylic acids is 1. The minimum absolute atomic E-state index is 0.295. The molecule has 0 spiro atoms. The molecule has 5 heteroatoms. The molecule has 0 aliphatic carbocycles. The van der Waals surface area contributed by atoms with E-state index in [-0.39, 0.29) is 5.91 Å². The highest BCUT2D eigenvalue weighted by molar-refractivity contribution is 6.31. The summed E-state index contributed by atoms with van der Waals surface area (Å²) < 4.78 is 11.2. The van der Waals surface area contributed by atoms with Crippen molar-refractivity contribution in [1.29, 1.82) is 0 Å². The Morgan fingerprint density at radius 1 is 0.962 bits per heavy atom. The third-order valence-corrected chi connectivity index (χ3v) is 4.24. The highest BCUT2D eigenvalue weighted by Crippen LogP contribution is 2.32. The lowest BCUT2D eigenvalue weighted by Crippen LogP contribution is -2.14. The Hall–Kier alpha value is -2.98. The monoisotopic (exact) mass is 367 g/mol. The van der Waals surface area contributed by atoms with Crippen LogP contribution in [0.25, 0.3) is 0 Å². The Kier molecular flexibility index (Phi) is 5.44. The Morgan fingerprint density at radius 3 is 2.38 bits per heavy atom. The van der Waals surface area contributed by atoms with E-state index in [9.17, 15) is 4.79 Å². The molecule has 132 valence electrons. The first-order chi connectivity index (χ1) is 12.6. The van der Waals surface area contributed by atoms with Gasteiger partial charge in [0, 0.05) is 11.1 Å². The summed E-state index contributed by atoms with van der Waals surface area (Å²) in [5.74, 6) is 1.33. The zero-order valence-electron chi connectivity index (χ0n) is 14.5. The summed E-state index contributed by atoms with van der Waals surface area (Å²) in [6.45, 7) is 1.86. The maximum atomic E-state index is 12.8. The van der Waals surface area contributed by atoms with E-state index in [1.807, 2.05) is 43.3 Å². The van der Waals surface area contributed by atoms with Gasteiger partial charge in [0.15, 0.2) is 0 Å². The van der Waals surface area contributed by atoms with Crippen molar-refractivity contribution in [2.45, 2.75) is 6.92 Å². The van der Waals surface area contributed by atoms with Crippen LogP contribution in [0, 0.1) is 6.92 Å². The van der Waals surface area contributed by atoms with Crippen molar-refractivity contribution in [2.75, 3.05) is 12.4 Å². The van der Waals surface area contributed by atoms with Crippen LogP contribution >= 0.6 is 11.6 Å². The molecular formula is C21H18ClNO3. The molecular weight excluding hydrogens is 350 g/mol. The van der Waals surface area contributed by atoms with E-state index in [1.54, 1.807) is 30.3 Å². The van der Waals surface area contributed by atoms with Crippen LogP contribution in [0.3, 0.4) is 0 Å². The normalized spacial score (nSPS) is 10.3. The Bertz CT molecular complexity index is 926. The molecule has 3 aromatic rings. The van der Waals surface area contributed by atoms with Crippen molar-refractivity contribution in [3.63, 3.8) is 0 Å². The molecule has 26 heavy (non-hydrogen) atoms. The molecule has 1 N–H and O–H groups in total. The van der Waals surface area contributed by atoms with E-state index in [0.29, 0.717) is 33.5 Å². The zero-order chi connectivity index (χ0) is 18.5. The van der Waals surface area contributed by atoms with Crippen LogP contribution < -0.4 is 14.8 Å². The fourth-order valence-corrected chi connectivity index (χ4v) is 2.63. The van der Waals surface area contributed by atoms with Gasteiger partial charge in [-0.25, -0.2) is 0 Å². The van der Waals surface area contributed by atoms with Gasteiger partial charge in [0.2, 0.25) is 0 Å². The smallest absolute Gasteiger partial charge is 0.259 e. The summed E-state index contributed by atoms with van der Waals surface area (Å²) in [5.41, 5.74) is 1.82. The molecule has 3 aromatic carbocycles. The van der Waals surface area contributed by atoms with Gasteiger partial charge in [0.05, 0.1) is 18.4 Å². The molecule has 0 radical (unpaired) electrons. The number of aryl methyl sites for hydroxylation is 1. The van der Waals surface area contributed by atoms with E-state index < -0.39 is 0 Å². The highest BCUT2D eigenvalue weighted by Gasteiger charge is 2.16. The molecule has 0 atom stereocenters. The first-order valence-corrected chi connectivity index (χ1v) is 8.43. The van der Waals surface area contributed by atoms with Gasteiger partial charge in [-0.15, -0.1) is 0 Å². The number of hydrogen-bond acceptors (Lipinski definition) is 3. The number of hydrogen-bond donors (Lipinski definition) is 1. The third-order valence-electron chi connectivity index (χ3n) is 3.83. The first kappa shape index (κ1) is 17.8. The number of halogens is 1. The molecule has 0 aromatic heterocycles. The molecule has 0 aliphatic rings. The van der Waals surface area contributed by atoms with Crippen LogP contribution in [0.2, 0.25) is 5.02 Å². The van der Waals surface area contributed by atoms with Crippen LogP contribution in [0.4, 0.5) is 5.69 Å². The Labute approximate surface area is 157 Å². The van der Waals surface area contributed by atoms with Crippen LogP contribution in [0.15, 0.2) is 66.7 Å². The number of methoxy groups -OCH3 is 1. The van der Waals surface area contributed by atoms with Crippen molar-refractivity contribution in [2.24, 2.45) is 0 Å². The van der Waals surface area contributed by atoms with Gasteiger partial charge in [-0.1, -0.05) is 41.9 Å². The quantitative estimate of drug-likeness (QED) is 0.629. The van der Waals surface area contributed by atoms with Crippen molar-refractivity contribution in [3.8, 4) is 17.2 Å². The molecule has 0 saturated heterocycles. The van der Waals surface area contributed by atoms with Gasteiger partial charge in [-0.3, -0.25) is 4.79 Å². The maximum Gasteiger partial charge on any atom is 0.259 e. The summed E-state index contributed by atoms with van der Waals surface area (Å²) in [5, 5.41) is 3.45. The van der Waals surface area contributed by atoms with Gasteiger partial charge >= 0.3 is 0 Å². The molecule has 0 unspecified atom stereocenters. The Balaban J connectivity index is 1.88. The SMILES string of the molecule is COc1cc(Cl)c(C)cc1NC(=O)c1ccccc1Oc1ccccc1. The number of anilines is 1. The summed E-state index contributed by atoms with van der Waals surface area (Å²) >= 11 is 6.12. The molecule has 4 nitrogen and oxygen atoms in total. The first-order valence-electron chi connectivity index (χ1n) is 8.06. The lowest BCUT2D eigenvalue weighted by Gasteiger charge is -2.14. The molecule has 1 amide bonds. The number of rotatable bonds is 5. The van der Waals surface area contributed by atoms with Crippen LogP contribution in [-0.2, 0) is 0 Å². The third kappa shape index (κ3) is 3.98. The van der Waals surface area contributed by atoms with Crippen molar-refractivity contribution < 1.29 is 14.3 Å². The van der Waals surface area contributed by atoms with Crippen molar-refractivity contribution in [1.82, 2.24) is 0 Å². The summed E-state index contributed by atoms with van der Waals surface area (Å²) in [6, 6.07) is 19.9. The van der Waals surface area contributed by atoms with Crippen molar-refractivity contribution >= 4 is 23.2 Å². The predicted molar refractivity (Wildman–Crippen MR) is 104 cm³/mol. The molecule has 0 saturated carbocycles. The van der Waals surface area contributed by atoms with Gasteiger partial charge in [0.1, 0.15) is 17.2 Å². The van der Waals surface area contributed by atoms with Gasteiger partial charge in [-0.05, 0) is 42.8 Å². The zero-order valence-corrected chi connectivity index (χ0v) is 15.2. The van der Waals surface area contributed by atoms with Crippen molar-refractivity contribution in [3.05, 3.63) is 82.9 Å². The van der Waals surface area contributed by atoms with E-state index in [1.165, 1.54) is 7.11 Å². The summed E-state index contributed by atoms with van der Waals surface area (Å²) in [6.07, 6.45) is 0. The maximum absolute atomic E-state index is 12.8. The largest absolute Gasteiger partial charge is 0.495 e. The van der Waals surface area contributed by atoms with Crippen LogP contribution in [-0.4, -0.2) is 13.0 Å². The highest BCUT2D eigenvalue weighted by atomic mass is 35.5. The van der Waals surface area contributed by atoms with E-state index in [0.717, 1.165) is 5.56 Å². The average molecular weight is 368 g/mol. The molecule has 0 aliphatic heterocycles. The summed E-state index contributed by atoms with van der Waals surface area (Å²) in [4.78, 5) is 12.8. The average Bonchev–Trinajstić information content (AvgIpc) is 2.65. The minimum atomic E-state index is -0.295. The minimum Gasteiger partial charge on any atom is -0.495 e. The summed E-state index contributed by atoms with van der Waals surface area (Å²) in [7, 11) is 1.53. The number of para-hydroxylation sites is 2.